The van der Waals surface area contributed by atoms with Crippen LogP contribution in [0.1, 0.15) is 34.7 Å². The van der Waals surface area contributed by atoms with Crippen LogP contribution in [0.2, 0.25) is 0 Å². The van der Waals surface area contributed by atoms with Gasteiger partial charge in [-0.15, -0.1) is 0 Å². The number of fused-ring (bicyclic) bond motifs is 1. The second-order valence-electron chi connectivity index (χ2n) is 7.32. The van der Waals surface area contributed by atoms with Crippen molar-refractivity contribution in [1.29, 1.82) is 0 Å². The maximum absolute atomic E-state index is 14.3. The molecule has 0 saturated carbocycles. The molecule has 0 radical (unpaired) electrons. The van der Waals surface area contributed by atoms with E-state index in [1.165, 1.54) is 6.07 Å². The van der Waals surface area contributed by atoms with E-state index in [1.54, 1.807) is 6.07 Å². The fourth-order valence-corrected chi connectivity index (χ4v) is 4.15. The summed E-state index contributed by atoms with van der Waals surface area (Å²) in [6.45, 7) is 2.04. The Hall–Kier alpha value is -3.06. The summed E-state index contributed by atoms with van der Waals surface area (Å²) >= 11 is 0. The van der Waals surface area contributed by atoms with Gasteiger partial charge in [0.05, 0.1) is 10.9 Å². The predicted octanol–water partition coefficient (Wildman–Crippen LogP) is 2.62. The maximum atomic E-state index is 14.3. The summed E-state index contributed by atoms with van der Waals surface area (Å²) < 4.78 is 14.3. The minimum absolute atomic E-state index is 0.0380. The molecule has 2 aliphatic rings. The van der Waals surface area contributed by atoms with Gasteiger partial charge >= 0.3 is 0 Å². The Morgan fingerprint density at radius 1 is 1.00 bits per heavy atom. The van der Waals surface area contributed by atoms with Crippen LogP contribution < -0.4 is 10.7 Å². The van der Waals surface area contributed by atoms with Crippen molar-refractivity contribution in [1.82, 2.24) is 20.7 Å². The SMILES string of the molecule is Oc1nc([C@@H]2CNC[C@H]2c2ccccc2F)nc2ccc(C3C=NNC3)cc12. The molecule has 3 N–H and O–H groups in total. The molecular formula is C21H20FN5O. The first-order valence-electron chi connectivity index (χ1n) is 9.42. The molecule has 3 atom stereocenters. The smallest absolute Gasteiger partial charge is 0.222 e. The molecule has 1 saturated heterocycles. The highest BCUT2D eigenvalue weighted by Crippen LogP contribution is 2.37. The topological polar surface area (TPSA) is 82.4 Å². The molecule has 2 aliphatic heterocycles. The van der Waals surface area contributed by atoms with Gasteiger partial charge in [0.2, 0.25) is 5.88 Å². The molecule has 1 unspecified atom stereocenters. The Balaban J connectivity index is 1.53. The number of hydrazone groups is 1. The zero-order chi connectivity index (χ0) is 19.1. The standard InChI is InChI=1S/C21H20FN5O/c22-18-4-2-1-3-14(18)16-10-23-11-17(16)20-26-19-6-5-12(13-8-24-25-9-13)7-15(19)21(28)27-20/h1-8,13,16-17,23,25H,9-11H2,(H,26,27,28)/t13?,16-,17+/m0/s1. The molecule has 3 heterocycles. The van der Waals surface area contributed by atoms with Gasteiger partial charge in [0.1, 0.15) is 11.6 Å². The minimum atomic E-state index is -0.220. The van der Waals surface area contributed by atoms with Crippen LogP contribution in [0.25, 0.3) is 10.9 Å². The van der Waals surface area contributed by atoms with E-state index < -0.39 is 0 Å². The first-order valence-corrected chi connectivity index (χ1v) is 9.42. The Bertz CT molecular complexity index is 1070. The highest BCUT2D eigenvalue weighted by atomic mass is 19.1. The average molecular weight is 377 g/mol. The number of halogens is 1. The molecular weight excluding hydrogens is 357 g/mol. The lowest BCUT2D eigenvalue weighted by atomic mass is 9.88. The number of hydrogen-bond acceptors (Lipinski definition) is 6. The van der Waals surface area contributed by atoms with E-state index in [0.29, 0.717) is 35.4 Å². The second kappa shape index (κ2) is 6.83. The van der Waals surface area contributed by atoms with Gasteiger partial charge in [-0.05, 0) is 29.3 Å². The summed E-state index contributed by atoms with van der Waals surface area (Å²) in [6, 6.07) is 12.6. The molecule has 7 heteroatoms. The van der Waals surface area contributed by atoms with Crippen LogP contribution in [-0.4, -0.2) is 40.9 Å². The number of rotatable bonds is 3. The van der Waals surface area contributed by atoms with Gasteiger partial charge in [-0.1, -0.05) is 24.3 Å². The van der Waals surface area contributed by atoms with E-state index in [4.69, 9.17) is 4.98 Å². The van der Waals surface area contributed by atoms with Crippen LogP contribution in [0.4, 0.5) is 4.39 Å². The van der Waals surface area contributed by atoms with Crippen molar-refractivity contribution in [2.45, 2.75) is 17.8 Å². The number of aromatic nitrogens is 2. The second-order valence-corrected chi connectivity index (χ2v) is 7.32. The predicted molar refractivity (Wildman–Crippen MR) is 105 cm³/mol. The molecule has 28 heavy (non-hydrogen) atoms. The van der Waals surface area contributed by atoms with Crippen molar-refractivity contribution >= 4 is 17.1 Å². The number of nitrogens with zero attached hydrogens (tertiary/aromatic N) is 3. The summed E-state index contributed by atoms with van der Waals surface area (Å²) in [4.78, 5) is 9.10. The molecule has 0 bridgehead atoms. The van der Waals surface area contributed by atoms with E-state index in [9.17, 15) is 9.50 Å². The number of hydrogen-bond donors (Lipinski definition) is 3. The molecule has 142 valence electrons. The molecule has 0 amide bonds. The van der Waals surface area contributed by atoms with Crippen LogP contribution in [0.5, 0.6) is 5.88 Å². The molecule has 5 rings (SSSR count). The fourth-order valence-electron chi connectivity index (χ4n) is 4.15. The molecule has 1 aromatic heterocycles. The van der Waals surface area contributed by atoms with Gasteiger partial charge in [0.15, 0.2) is 0 Å². The highest BCUT2D eigenvalue weighted by molar-refractivity contribution is 5.85. The van der Waals surface area contributed by atoms with Gasteiger partial charge in [0.25, 0.3) is 0 Å². The van der Waals surface area contributed by atoms with Crippen LogP contribution >= 0.6 is 0 Å². The number of nitrogens with one attached hydrogen (secondary N) is 2. The van der Waals surface area contributed by atoms with E-state index in [1.807, 2.05) is 36.5 Å². The van der Waals surface area contributed by atoms with Gasteiger partial charge in [0, 0.05) is 43.6 Å². The lowest BCUT2D eigenvalue weighted by molar-refractivity contribution is 0.451. The first kappa shape index (κ1) is 17.1. The Labute approximate surface area is 161 Å². The summed E-state index contributed by atoms with van der Waals surface area (Å²) in [5, 5.41) is 18.6. The lowest BCUT2D eigenvalue weighted by Crippen LogP contribution is -2.14. The minimum Gasteiger partial charge on any atom is -0.493 e. The van der Waals surface area contributed by atoms with Crippen molar-refractivity contribution in [2.75, 3.05) is 19.6 Å². The van der Waals surface area contributed by atoms with Crippen LogP contribution in [0.15, 0.2) is 47.6 Å². The van der Waals surface area contributed by atoms with Gasteiger partial charge in [-0.3, -0.25) is 0 Å². The van der Waals surface area contributed by atoms with Gasteiger partial charge in [-0.25, -0.2) is 9.37 Å². The van der Waals surface area contributed by atoms with E-state index >= 15 is 0 Å². The van der Waals surface area contributed by atoms with Crippen molar-refractivity contribution < 1.29 is 9.50 Å². The van der Waals surface area contributed by atoms with Gasteiger partial charge in [-0.2, -0.15) is 10.1 Å². The normalized spacial score (nSPS) is 24.0. The third kappa shape index (κ3) is 2.88. The van der Waals surface area contributed by atoms with Crippen molar-refractivity contribution in [3.05, 3.63) is 65.2 Å². The van der Waals surface area contributed by atoms with Crippen LogP contribution in [0, 0.1) is 5.82 Å². The third-order valence-corrected chi connectivity index (χ3v) is 5.65. The molecule has 6 nitrogen and oxygen atoms in total. The van der Waals surface area contributed by atoms with Gasteiger partial charge < -0.3 is 15.8 Å². The van der Waals surface area contributed by atoms with Crippen molar-refractivity contribution in [3.8, 4) is 5.88 Å². The highest BCUT2D eigenvalue weighted by Gasteiger charge is 2.34. The van der Waals surface area contributed by atoms with E-state index in [2.05, 4.69) is 20.8 Å². The number of benzene rings is 2. The number of aromatic hydroxyl groups is 1. The lowest BCUT2D eigenvalue weighted by Gasteiger charge is -2.19. The zero-order valence-corrected chi connectivity index (χ0v) is 15.1. The Morgan fingerprint density at radius 2 is 1.86 bits per heavy atom. The molecule has 0 aliphatic carbocycles. The first-order chi connectivity index (χ1) is 13.7. The molecule has 2 aromatic carbocycles. The quantitative estimate of drug-likeness (QED) is 0.654. The van der Waals surface area contributed by atoms with Crippen molar-refractivity contribution in [3.63, 3.8) is 0 Å². The molecule has 1 fully saturated rings. The molecule has 3 aromatic rings. The van der Waals surface area contributed by atoms with E-state index in [-0.39, 0.29) is 29.5 Å². The Morgan fingerprint density at radius 3 is 2.68 bits per heavy atom. The summed E-state index contributed by atoms with van der Waals surface area (Å²) in [5.41, 5.74) is 5.34. The average Bonchev–Trinajstić information content (AvgIpc) is 3.40. The summed E-state index contributed by atoms with van der Waals surface area (Å²) in [7, 11) is 0. The summed E-state index contributed by atoms with van der Waals surface area (Å²) in [6.07, 6.45) is 1.86. The summed E-state index contributed by atoms with van der Waals surface area (Å²) in [5.74, 6) is 0.288. The van der Waals surface area contributed by atoms with Crippen molar-refractivity contribution in [2.24, 2.45) is 5.10 Å². The molecule has 0 spiro atoms. The largest absolute Gasteiger partial charge is 0.493 e. The van der Waals surface area contributed by atoms with Crippen LogP contribution in [-0.2, 0) is 0 Å². The maximum Gasteiger partial charge on any atom is 0.222 e. The monoisotopic (exact) mass is 377 g/mol. The zero-order valence-electron chi connectivity index (χ0n) is 15.1. The third-order valence-electron chi connectivity index (χ3n) is 5.65. The fraction of sp³-hybridized carbons (Fsp3) is 0.286. The van der Waals surface area contributed by atoms with Crippen LogP contribution in [0.3, 0.4) is 0 Å². The Kier molecular flexibility index (Phi) is 4.16. The van der Waals surface area contributed by atoms with E-state index in [0.717, 1.165) is 12.1 Å².